The molecule has 1 aliphatic carbocycles. The second kappa shape index (κ2) is 9.93. The van der Waals surface area contributed by atoms with Crippen LogP contribution in [-0.4, -0.2) is 59.5 Å². The molecular formula is C26H34N6O2. The van der Waals surface area contributed by atoms with E-state index in [2.05, 4.69) is 53.4 Å². The van der Waals surface area contributed by atoms with Gasteiger partial charge in [-0.25, -0.2) is 4.98 Å². The van der Waals surface area contributed by atoms with Gasteiger partial charge in [0.25, 0.3) is 5.56 Å². The van der Waals surface area contributed by atoms with E-state index in [1.807, 2.05) is 12.1 Å². The van der Waals surface area contributed by atoms with E-state index in [1.54, 1.807) is 17.7 Å². The number of carbonyl (C=O) groups is 1. The molecule has 0 spiro atoms. The Morgan fingerprint density at radius 3 is 2.41 bits per heavy atom. The molecule has 0 aliphatic heterocycles. The van der Waals surface area contributed by atoms with Gasteiger partial charge in [-0.1, -0.05) is 12.8 Å². The van der Waals surface area contributed by atoms with Crippen molar-refractivity contribution in [2.24, 2.45) is 0 Å². The minimum absolute atomic E-state index is 0.0634. The number of benzene rings is 1. The van der Waals surface area contributed by atoms with Gasteiger partial charge in [0.2, 0.25) is 5.95 Å². The van der Waals surface area contributed by atoms with Crippen molar-refractivity contribution in [3.05, 3.63) is 51.9 Å². The molecule has 1 aromatic carbocycles. The summed E-state index contributed by atoms with van der Waals surface area (Å²) in [4.78, 5) is 39.3. The number of ketones is 1. The summed E-state index contributed by atoms with van der Waals surface area (Å²) in [5.74, 6) is 0.219. The smallest absolute Gasteiger partial charge is 0.263 e. The first-order valence-electron chi connectivity index (χ1n) is 11.9. The summed E-state index contributed by atoms with van der Waals surface area (Å²) in [5, 5.41) is 4.03. The van der Waals surface area contributed by atoms with Crippen LogP contribution in [-0.2, 0) is 0 Å². The molecule has 2 aromatic heterocycles. The number of nitrogens with one attached hydrogen (secondary N) is 1. The molecule has 3 aromatic rings. The zero-order valence-corrected chi connectivity index (χ0v) is 20.8. The molecule has 4 rings (SSSR count). The van der Waals surface area contributed by atoms with Crippen LogP contribution < -0.4 is 15.8 Å². The van der Waals surface area contributed by atoms with Crippen LogP contribution in [0.5, 0.6) is 0 Å². The van der Waals surface area contributed by atoms with E-state index in [4.69, 9.17) is 4.98 Å². The van der Waals surface area contributed by atoms with Gasteiger partial charge in [-0.2, -0.15) is 4.98 Å². The van der Waals surface area contributed by atoms with Gasteiger partial charge >= 0.3 is 0 Å². The molecular weight excluding hydrogens is 428 g/mol. The van der Waals surface area contributed by atoms with E-state index in [1.165, 1.54) is 6.92 Å². The van der Waals surface area contributed by atoms with E-state index < -0.39 is 0 Å². The normalized spacial score (nSPS) is 14.2. The number of Topliss-reactive ketones (excluding diaryl/α,β-unsaturated/α-hetero) is 1. The van der Waals surface area contributed by atoms with Crippen LogP contribution in [0.25, 0.3) is 11.0 Å². The minimum atomic E-state index is -0.237. The van der Waals surface area contributed by atoms with Crippen molar-refractivity contribution in [1.82, 2.24) is 19.4 Å². The zero-order chi connectivity index (χ0) is 24.4. The van der Waals surface area contributed by atoms with Gasteiger partial charge in [-0.3, -0.25) is 14.2 Å². The molecule has 0 saturated heterocycles. The number of pyridine rings is 1. The summed E-state index contributed by atoms with van der Waals surface area (Å²) in [6, 6.07) is 8.20. The number of hydrogen-bond acceptors (Lipinski definition) is 7. The predicted octanol–water partition coefficient (Wildman–Crippen LogP) is 4.16. The summed E-state index contributed by atoms with van der Waals surface area (Å²) in [6.45, 7) is 5.18. The lowest BCUT2D eigenvalue weighted by Gasteiger charge is -2.22. The summed E-state index contributed by atoms with van der Waals surface area (Å²) in [7, 11) is 6.22. The predicted molar refractivity (Wildman–Crippen MR) is 138 cm³/mol. The minimum Gasteiger partial charge on any atom is -0.373 e. The summed E-state index contributed by atoms with van der Waals surface area (Å²) in [6.07, 6.45) is 5.72. The number of anilines is 3. The first-order valence-corrected chi connectivity index (χ1v) is 11.9. The quantitative estimate of drug-likeness (QED) is 0.503. The molecule has 1 aliphatic rings. The van der Waals surface area contributed by atoms with Crippen LogP contribution in [0.15, 0.2) is 35.3 Å². The number of carbonyl (C=O) groups excluding carboxylic acids is 1. The van der Waals surface area contributed by atoms with Crippen molar-refractivity contribution < 1.29 is 4.79 Å². The van der Waals surface area contributed by atoms with Crippen LogP contribution in [0.2, 0.25) is 0 Å². The molecule has 0 atom stereocenters. The fourth-order valence-corrected chi connectivity index (χ4v) is 4.72. The third kappa shape index (κ3) is 4.82. The molecule has 0 unspecified atom stereocenters. The molecule has 8 nitrogen and oxygen atoms in total. The first-order chi connectivity index (χ1) is 16.3. The maximum absolute atomic E-state index is 13.4. The fourth-order valence-electron chi connectivity index (χ4n) is 4.72. The van der Waals surface area contributed by atoms with Crippen LogP contribution >= 0.6 is 0 Å². The standard InChI is InChI=1S/C26H34N6O2/c1-17-22-16-27-26(28-19-10-12-20(13-11-19)31(5)15-14-30(3)4)29-24(22)32(21-8-6-7-9-21)25(34)23(17)18(2)33/h10-13,16,21H,6-9,14-15H2,1-5H3,(H,27,28,29). The lowest BCUT2D eigenvalue weighted by molar-refractivity contribution is 0.101. The Balaban J connectivity index is 1.67. The molecule has 1 saturated carbocycles. The topological polar surface area (TPSA) is 83.4 Å². The monoisotopic (exact) mass is 462 g/mol. The van der Waals surface area contributed by atoms with Gasteiger partial charge in [0.05, 0.1) is 5.56 Å². The number of rotatable bonds is 8. The summed E-state index contributed by atoms with van der Waals surface area (Å²) >= 11 is 0. The van der Waals surface area contributed by atoms with Crippen LogP contribution in [0, 0.1) is 6.92 Å². The Kier molecular flexibility index (Phi) is 6.97. The molecule has 180 valence electrons. The Morgan fingerprint density at radius 1 is 1.12 bits per heavy atom. The molecule has 0 amide bonds. The van der Waals surface area contributed by atoms with E-state index >= 15 is 0 Å². The maximum Gasteiger partial charge on any atom is 0.263 e. The van der Waals surface area contributed by atoms with Crippen molar-refractivity contribution in [3.63, 3.8) is 0 Å². The highest BCUT2D eigenvalue weighted by molar-refractivity contribution is 5.99. The van der Waals surface area contributed by atoms with Gasteiger partial charge < -0.3 is 15.1 Å². The highest BCUT2D eigenvalue weighted by Crippen LogP contribution is 2.32. The number of likely N-dealkylation sites (N-methyl/N-ethyl adjacent to an activating group) is 2. The number of hydrogen-bond donors (Lipinski definition) is 1. The van der Waals surface area contributed by atoms with Crippen molar-refractivity contribution >= 4 is 34.1 Å². The number of fused-ring (bicyclic) bond motifs is 1. The Bertz CT molecular complexity index is 1240. The average molecular weight is 463 g/mol. The largest absolute Gasteiger partial charge is 0.373 e. The van der Waals surface area contributed by atoms with E-state index in [0.717, 1.165) is 55.5 Å². The van der Waals surface area contributed by atoms with Crippen molar-refractivity contribution in [3.8, 4) is 0 Å². The van der Waals surface area contributed by atoms with Gasteiger partial charge in [0.15, 0.2) is 5.78 Å². The molecule has 0 radical (unpaired) electrons. The lowest BCUT2D eigenvalue weighted by Crippen LogP contribution is -2.30. The van der Waals surface area contributed by atoms with Gasteiger partial charge in [-0.15, -0.1) is 0 Å². The third-order valence-electron chi connectivity index (χ3n) is 6.70. The second-order valence-electron chi connectivity index (χ2n) is 9.50. The Labute approximate surface area is 200 Å². The average Bonchev–Trinajstić information content (AvgIpc) is 3.32. The van der Waals surface area contributed by atoms with E-state index in [0.29, 0.717) is 17.2 Å². The van der Waals surface area contributed by atoms with Crippen LogP contribution in [0.1, 0.15) is 54.6 Å². The zero-order valence-electron chi connectivity index (χ0n) is 20.8. The van der Waals surface area contributed by atoms with Crippen LogP contribution in [0.3, 0.4) is 0 Å². The fraction of sp³-hybridized carbons (Fsp3) is 0.462. The highest BCUT2D eigenvalue weighted by Gasteiger charge is 2.25. The summed E-state index contributed by atoms with van der Waals surface area (Å²) in [5.41, 5.74) is 3.26. The van der Waals surface area contributed by atoms with Gasteiger partial charge in [0, 0.05) is 49.1 Å². The van der Waals surface area contributed by atoms with E-state index in [-0.39, 0.29) is 22.9 Å². The number of aromatic nitrogens is 3. The highest BCUT2D eigenvalue weighted by atomic mass is 16.1. The van der Waals surface area contributed by atoms with Crippen molar-refractivity contribution in [1.29, 1.82) is 0 Å². The van der Waals surface area contributed by atoms with Gasteiger partial charge in [-0.05, 0) is 70.6 Å². The molecule has 2 heterocycles. The number of aryl methyl sites for hydroxylation is 1. The maximum atomic E-state index is 13.4. The molecule has 34 heavy (non-hydrogen) atoms. The van der Waals surface area contributed by atoms with Gasteiger partial charge in [0.1, 0.15) is 5.65 Å². The Hall–Kier alpha value is -3.26. The second-order valence-corrected chi connectivity index (χ2v) is 9.50. The third-order valence-corrected chi connectivity index (χ3v) is 6.70. The van der Waals surface area contributed by atoms with Crippen molar-refractivity contribution in [2.75, 3.05) is 44.4 Å². The molecule has 1 N–H and O–H groups in total. The summed E-state index contributed by atoms with van der Waals surface area (Å²) < 4.78 is 1.74. The molecule has 1 fully saturated rings. The Morgan fingerprint density at radius 2 is 1.79 bits per heavy atom. The van der Waals surface area contributed by atoms with E-state index in [9.17, 15) is 9.59 Å². The first kappa shape index (κ1) is 23.9. The SMILES string of the molecule is CC(=O)c1c(C)c2cnc(Nc3ccc(N(C)CCN(C)C)cc3)nc2n(C2CCCC2)c1=O. The lowest BCUT2D eigenvalue weighted by atomic mass is 10.0. The molecule has 0 bridgehead atoms. The van der Waals surface area contributed by atoms with Crippen molar-refractivity contribution in [2.45, 2.75) is 45.6 Å². The van der Waals surface area contributed by atoms with Crippen LogP contribution in [0.4, 0.5) is 17.3 Å². The number of nitrogens with zero attached hydrogens (tertiary/aromatic N) is 5. The molecule has 8 heteroatoms.